The maximum Gasteiger partial charge on any atom is 0.289 e. The van der Waals surface area contributed by atoms with Gasteiger partial charge in [0.1, 0.15) is 5.03 Å². The summed E-state index contributed by atoms with van der Waals surface area (Å²) in [5.74, 6) is 0.986. The average Bonchev–Trinajstić information content (AvgIpc) is 2.38. The van der Waals surface area contributed by atoms with E-state index in [0.29, 0.717) is 12.2 Å². The van der Waals surface area contributed by atoms with Gasteiger partial charge in [0.2, 0.25) is 0 Å². The molecular weight excluding hydrogens is 238 g/mol. The largest absolute Gasteiger partial charge is 0.374 e. The number of hydrogen-bond donors (Lipinski definition) is 1. The second kappa shape index (κ2) is 6.26. The standard InChI is InChI=1S/C11H19N3O2S/c15-14(16)10(11-12-5-4-8-17-11)9-13-6-2-1-3-7-13/h12H,1-9H2/b11-10+. The Morgan fingerprint density at radius 1 is 1.35 bits per heavy atom. The van der Waals surface area contributed by atoms with E-state index in [2.05, 4.69) is 10.2 Å². The molecule has 0 unspecified atom stereocenters. The van der Waals surface area contributed by atoms with Gasteiger partial charge >= 0.3 is 0 Å². The van der Waals surface area contributed by atoms with Gasteiger partial charge in [-0.25, -0.2) is 0 Å². The molecule has 5 nitrogen and oxygen atoms in total. The highest BCUT2D eigenvalue weighted by Crippen LogP contribution is 2.23. The average molecular weight is 257 g/mol. The molecule has 0 atom stereocenters. The molecule has 0 aromatic rings. The molecule has 2 aliphatic rings. The van der Waals surface area contributed by atoms with Gasteiger partial charge in [0, 0.05) is 12.3 Å². The van der Waals surface area contributed by atoms with Gasteiger partial charge in [0.05, 0.1) is 11.5 Å². The predicted molar refractivity (Wildman–Crippen MR) is 69.4 cm³/mol. The Balaban J connectivity index is 2.03. The molecule has 0 aliphatic carbocycles. The molecular formula is C11H19N3O2S. The minimum atomic E-state index is -0.213. The number of rotatable bonds is 3. The third kappa shape index (κ3) is 3.61. The number of piperidine rings is 1. The van der Waals surface area contributed by atoms with Crippen molar-refractivity contribution in [2.45, 2.75) is 25.7 Å². The molecule has 0 aromatic heterocycles. The summed E-state index contributed by atoms with van der Waals surface area (Å²) >= 11 is 1.59. The zero-order valence-electron chi connectivity index (χ0n) is 9.98. The summed E-state index contributed by atoms with van der Waals surface area (Å²) in [4.78, 5) is 13.1. The number of likely N-dealkylation sites (tertiary alicyclic amines) is 1. The molecule has 0 radical (unpaired) electrons. The van der Waals surface area contributed by atoms with Crippen LogP contribution in [0.4, 0.5) is 0 Å². The molecule has 0 amide bonds. The lowest BCUT2D eigenvalue weighted by molar-refractivity contribution is -0.429. The van der Waals surface area contributed by atoms with Crippen LogP contribution in [0.15, 0.2) is 10.7 Å². The van der Waals surface area contributed by atoms with Crippen LogP contribution in [-0.2, 0) is 0 Å². The Morgan fingerprint density at radius 2 is 2.12 bits per heavy atom. The topological polar surface area (TPSA) is 58.4 Å². The lowest BCUT2D eigenvalue weighted by atomic mass is 10.1. The predicted octanol–water partition coefficient (Wildman–Crippen LogP) is 1.64. The minimum Gasteiger partial charge on any atom is -0.374 e. The maximum atomic E-state index is 11.1. The molecule has 2 rings (SSSR count). The zero-order chi connectivity index (χ0) is 12.1. The van der Waals surface area contributed by atoms with Gasteiger partial charge in [0.15, 0.2) is 0 Å². The van der Waals surface area contributed by atoms with Crippen LogP contribution >= 0.6 is 11.8 Å². The molecule has 96 valence electrons. The van der Waals surface area contributed by atoms with E-state index >= 15 is 0 Å². The van der Waals surface area contributed by atoms with E-state index in [0.717, 1.165) is 36.8 Å². The van der Waals surface area contributed by atoms with Crippen LogP contribution in [0.1, 0.15) is 25.7 Å². The fraction of sp³-hybridized carbons (Fsp3) is 0.818. The maximum absolute atomic E-state index is 11.1. The number of hydrogen-bond acceptors (Lipinski definition) is 5. The van der Waals surface area contributed by atoms with Gasteiger partial charge in [-0.05, 0) is 32.4 Å². The Labute approximate surface area is 106 Å². The van der Waals surface area contributed by atoms with Crippen LogP contribution in [0.25, 0.3) is 0 Å². The highest BCUT2D eigenvalue weighted by molar-refractivity contribution is 8.03. The van der Waals surface area contributed by atoms with Gasteiger partial charge in [-0.3, -0.25) is 15.0 Å². The lowest BCUT2D eigenvalue weighted by Crippen LogP contribution is -2.35. The van der Waals surface area contributed by atoms with Crippen molar-refractivity contribution in [1.82, 2.24) is 10.2 Å². The third-order valence-corrected chi connectivity index (χ3v) is 4.32. The number of thioether (sulfide) groups is 1. The monoisotopic (exact) mass is 257 g/mol. The first kappa shape index (κ1) is 12.7. The third-order valence-electron chi connectivity index (χ3n) is 3.16. The second-order valence-corrected chi connectivity index (χ2v) is 5.60. The number of nitrogens with one attached hydrogen (secondary N) is 1. The van der Waals surface area contributed by atoms with E-state index in [9.17, 15) is 10.1 Å². The highest BCUT2D eigenvalue weighted by Gasteiger charge is 2.24. The lowest BCUT2D eigenvalue weighted by Gasteiger charge is -2.26. The molecule has 0 saturated carbocycles. The molecule has 0 aromatic carbocycles. The van der Waals surface area contributed by atoms with Crippen LogP contribution in [0.5, 0.6) is 0 Å². The molecule has 17 heavy (non-hydrogen) atoms. The molecule has 1 N–H and O–H groups in total. The summed E-state index contributed by atoms with van der Waals surface area (Å²) in [5.41, 5.74) is 0.358. The molecule has 2 aliphatic heterocycles. The summed E-state index contributed by atoms with van der Waals surface area (Å²) in [6.45, 7) is 3.34. The van der Waals surface area contributed by atoms with E-state index in [4.69, 9.17) is 0 Å². The van der Waals surface area contributed by atoms with E-state index < -0.39 is 0 Å². The highest BCUT2D eigenvalue weighted by atomic mass is 32.2. The summed E-state index contributed by atoms with van der Waals surface area (Å²) in [6, 6.07) is 0. The molecule has 0 bridgehead atoms. The van der Waals surface area contributed by atoms with Crippen molar-refractivity contribution < 1.29 is 4.92 Å². The van der Waals surface area contributed by atoms with E-state index in [1.54, 1.807) is 11.8 Å². The Kier molecular flexibility index (Phi) is 4.67. The zero-order valence-corrected chi connectivity index (χ0v) is 10.8. The van der Waals surface area contributed by atoms with E-state index in [1.165, 1.54) is 19.3 Å². The van der Waals surface area contributed by atoms with Crippen LogP contribution in [-0.4, -0.2) is 41.8 Å². The molecule has 2 heterocycles. The van der Waals surface area contributed by atoms with Crippen molar-refractivity contribution in [3.05, 3.63) is 20.8 Å². The van der Waals surface area contributed by atoms with Gasteiger partial charge in [-0.2, -0.15) is 0 Å². The Morgan fingerprint density at radius 3 is 2.71 bits per heavy atom. The van der Waals surface area contributed by atoms with Gasteiger partial charge < -0.3 is 5.32 Å². The summed E-state index contributed by atoms with van der Waals surface area (Å²) in [5, 5.41) is 15.1. The minimum absolute atomic E-state index is 0.213. The van der Waals surface area contributed by atoms with E-state index in [1.807, 2.05) is 0 Å². The van der Waals surface area contributed by atoms with Crippen LogP contribution in [0, 0.1) is 10.1 Å². The quantitative estimate of drug-likeness (QED) is 0.615. The van der Waals surface area contributed by atoms with Gasteiger partial charge in [0.25, 0.3) is 5.70 Å². The number of nitrogens with zero attached hydrogens (tertiary/aromatic N) is 2. The normalized spacial score (nSPS) is 25.2. The first-order valence-electron chi connectivity index (χ1n) is 6.24. The van der Waals surface area contributed by atoms with Crippen molar-refractivity contribution in [3.8, 4) is 0 Å². The Hall–Kier alpha value is -0.750. The Bertz CT molecular complexity index is 306. The summed E-state index contributed by atoms with van der Waals surface area (Å²) < 4.78 is 0. The second-order valence-electron chi connectivity index (χ2n) is 4.50. The first-order valence-corrected chi connectivity index (χ1v) is 7.22. The molecule has 6 heteroatoms. The van der Waals surface area contributed by atoms with Crippen molar-refractivity contribution in [1.29, 1.82) is 0 Å². The van der Waals surface area contributed by atoms with Gasteiger partial charge in [-0.15, -0.1) is 11.8 Å². The molecule has 0 spiro atoms. The molecule has 2 saturated heterocycles. The van der Waals surface area contributed by atoms with E-state index in [-0.39, 0.29) is 4.92 Å². The SMILES string of the molecule is O=[N+]([O-])/C(CN1CCCCC1)=C1\NCCCS1. The van der Waals surface area contributed by atoms with Crippen LogP contribution in [0.2, 0.25) is 0 Å². The fourth-order valence-electron chi connectivity index (χ4n) is 2.23. The van der Waals surface area contributed by atoms with Crippen molar-refractivity contribution >= 4 is 11.8 Å². The number of nitro groups is 1. The van der Waals surface area contributed by atoms with Crippen molar-refractivity contribution in [2.75, 3.05) is 31.9 Å². The van der Waals surface area contributed by atoms with Crippen LogP contribution in [0.3, 0.4) is 0 Å². The van der Waals surface area contributed by atoms with Crippen LogP contribution < -0.4 is 5.32 Å². The van der Waals surface area contributed by atoms with Crippen molar-refractivity contribution in [2.24, 2.45) is 0 Å². The summed E-state index contributed by atoms with van der Waals surface area (Å²) in [6.07, 6.45) is 4.68. The molecule has 2 fully saturated rings. The van der Waals surface area contributed by atoms with Gasteiger partial charge in [-0.1, -0.05) is 6.42 Å². The summed E-state index contributed by atoms with van der Waals surface area (Å²) in [7, 11) is 0. The smallest absolute Gasteiger partial charge is 0.289 e. The fourth-order valence-corrected chi connectivity index (χ4v) is 3.23. The first-order chi connectivity index (χ1) is 8.27. The van der Waals surface area contributed by atoms with Crippen molar-refractivity contribution in [3.63, 3.8) is 0 Å².